The van der Waals surface area contributed by atoms with Gasteiger partial charge >= 0.3 is 0 Å². The van der Waals surface area contributed by atoms with Gasteiger partial charge in [0, 0.05) is 6.07 Å². The number of carbonyl (C=O) groups is 1. The van der Waals surface area contributed by atoms with Crippen LogP contribution in [-0.4, -0.2) is 18.6 Å². The summed E-state index contributed by atoms with van der Waals surface area (Å²) in [5.41, 5.74) is 5.74. The maximum atomic E-state index is 13.4. The van der Waals surface area contributed by atoms with Gasteiger partial charge in [0.05, 0.1) is 18.2 Å². The molecule has 0 spiro atoms. The molecule has 1 atom stereocenters. The van der Waals surface area contributed by atoms with Crippen molar-refractivity contribution in [1.29, 1.82) is 0 Å². The number of ether oxygens (including phenoxy) is 1. The molecular weight excluding hydrogens is 330 g/mol. The number of carbonyl (C=O) groups excluding carboxylic acids is 1. The molecule has 0 aliphatic heterocycles. The Morgan fingerprint density at radius 2 is 2.13 bits per heavy atom. The second-order valence-electron chi connectivity index (χ2n) is 4.77. The van der Waals surface area contributed by atoms with Gasteiger partial charge < -0.3 is 20.2 Å². The number of hydrogen-bond acceptors (Lipinski definition) is 4. The summed E-state index contributed by atoms with van der Waals surface area (Å²) in [4.78, 5) is 11.9. The quantitative estimate of drug-likeness (QED) is 0.843. The van der Waals surface area contributed by atoms with Gasteiger partial charge in [-0.2, -0.15) is 0 Å². The summed E-state index contributed by atoms with van der Waals surface area (Å²) < 4.78 is 36.4. The van der Waals surface area contributed by atoms with Crippen molar-refractivity contribution < 1.29 is 22.7 Å². The van der Waals surface area contributed by atoms with Crippen LogP contribution in [-0.2, 0) is 6.54 Å². The summed E-state index contributed by atoms with van der Waals surface area (Å²) >= 11 is 0. The maximum Gasteiger partial charge on any atom is 0.254 e. The maximum absolute atomic E-state index is 13.4. The molecule has 0 saturated carbocycles. The summed E-state index contributed by atoms with van der Waals surface area (Å²) in [6.45, 7) is 1.94. The summed E-state index contributed by atoms with van der Waals surface area (Å²) in [7, 11) is 0. The van der Waals surface area contributed by atoms with Crippen LogP contribution in [0.5, 0.6) is 5.75 Å². The van der Waals surface area contributed by atoms with Crippen LogP contribution in [0.4, 0.5) is 8.78 Å². The van der Waals surface area contributed by atoms with Crippen molar-refractivity contribution in [3.63, 3.8) is 0 Å². The average Bonchev–Trinajstić information content (AvgIpc) is 2.95. The molecule has 0 bridgehead atoms. The van der Waals surface area contributed by atoms with Gasteiger partial charge in [-0.3, -0.25) is 4.79 Å². The van der Waals surface area contributed by atoms with Crippen LogP contribution in [0.3, 0.4) is 0 Å². The van der Waals surface area contributed by atoms with E-state index in [1.165, 1.54) is 12.3 Å². The minimum atomic E-state index is -0.791. The monoisotopic (exact) mass is 346 g/mol. The van der Waals surface area contributed by atoms with Crippen LogP contribution in [0.25, 0.3) is 0 Å². The predicted molar refractivity (Wildman–Crippen MR) is 82.6 cm³/mol. The molecule has 1 amide bonds. The molecule has 1 unspecified atom stereocenters. The Balaban J connectivity index is 0.00000264. The molecule has 5 nitrogen and oxygen atoms in total. The van der Waals surface area contributed by atoms with Crippen molar-refractivity contribution in [3.05, 3.63) is 53.5 Å². The lowest BCUT2D eigenvalue weighted by Gasteiger charge is -2.14. The molecule has 0 radical (unpaired) electrons. The SMILES string of the molecule is CC(COc1ccc(F)cc1F)NC(=O)c1coc(CN)c1.Cl. The third-order valence-electron chi connectivity index (χ3n) is 2.88. The van der Waals surface area contributed by atoms with Crippen molar-refractivity contribution in [1.82, 2.24) is 5.32 Å². The van der Waals surface area contributed by atoms with Crippen molar-refractivity contribution in [3.8, 4) is 5.75 Å². The molecule has 126 valence electrons. The second kappa shape index (κ2) is 8.50. The highest BCUT2D eigenvalue weighted by molar-refractivity contribution is 5.94. The Kier molecular flexibility index (Phi) is 6.99. The first-order valence-corrected chi connectivity index (χ1v) is 6.65. The first kappa shape index (κ1) is 18.9. The number of benzene rings is 1. The van der Waals surface area contributed by atoms with E-state index < -0.39 is 11.6 Å². The zero-order valence-electron chi connectivity index (χ0n) is 12.3. The summed E-state index contributed by atoms with van der Waals surface area (Å²) in [6, 6.07) is 4.19. The zero-order chi connectivity index (χ0) is 16.1. The Labute approximate surface area is 138 Å². The van der Waals surface area contributed by atoms with Crippen LogP contribution < -0.4 is 15.8 Å². The lowest BCUT2D eigenvalue weighted by molar-refractivity contribution is 0.0925. The van der Waals surface area contributed by atoms with Gasteiger partial charge in [0.25, 0.3) is 5.91 Å². The second-order valence-corrected chi connectivity index (χ2v) is 4.77. The number of halogens is 3. The number of hydrogen-bond donors (Lipinski definition) is 2. The molecule has 23 heavy (non-hydrogen) atoms. The molecule has 2 rings (SSSR count). The van der Waals surface area contributed by atoms with E-state index in [4.69, 9.17) is 14.9 Å². The van der Waals surface area contributed by atoms with Crippen LogP contribution >= 0.6 is 12.4 Å². The summed E-state index contributed by atoms with van der Waals surface area (Å²) in [5, 5.41) is 2.67. The first-order valence-electron chi connectivity index (χ1n) is 6.65. The number of nitrogens with two attached hydrogens (primary N) is 1. The first-order chi connectivity index (χ1) is 10.5. The molecule has 1 heterocycles. The summed E-state index contributed by atoms with van der Waals surface area (Å²) in [6.07, 6.45) is 1.31. The summed E-state index contributed by atoms with van der Waals surface area (Å²) in [5.74, 6) is -1.39. The van der Waals surface area contributed by atoms with E-state index in [0.29, 0.717) is 11.3 Å². The fourth-order valence-electron chi connectivity index (χ4n) is 1.76. The molecule has 0 fully saturated rings. The normalized spacial score (nSPS) is 11.5. The lowest BCUT2D eigenvalue weighted by Crippen LogP contribution is -2.36. The van der Waals surface area contributed by atoms with Crippen LogP contribution in [0.2, 0.25) is 0 Å². The third kappa shape index (κ3) is 5.22. The van der Waals surface area contributed by atoms with Gasteiger partial charge in [-0.05, 0) is 25.1 Å². The van der Waals surface area contributed by atoms with Crippen molar-refractivity contribution in [2.75, 3.05) is 6.61 Å². The third-order valence-corrected chi connectivity index (χ3v) is 2.88. The molecule has 3 N–H and O–H groups in total. The number of rotatable bonds is 6. The minimum Gasteiger partial charge on any atom is -0.488 e. The van der Waals surface area contributed by atoms with E-state index in [1.807, 2.05) is 0 Å². The molecule has 0 aliphatic rings. The van der Waals surface area contributed by atoms with Crippen LogP contribution in [0.15, 0.2) is 34.9 Å². The highest BCUT2D eigenvalue weighted by atomic mass is 35.5. The number of furan rings is 1. The Bertz CT molecular complexity index is 664. The van der Waals surface area contributed by atoms with Gasteiger partial charge in [-0.15, -0.1) is 12.4 Å². The zero-order valence-corrected chi connectivity index (χ0v) is 13.2. The van der Waals surface area contributed by atoms with E-state index in [1.54, 1.807) is 13.0 Å². The number of nitrogens with one attached hydrogen (secondary N) is 1. The lowest BCUT2D eigenvalue weighted by atomic mass is 10.2. The van der Waals surface area contributed by atoms with E-state index in [-0.39, 0.29) is 43.3 Å². The highest BCUT2D eigenvalue weighted by Gasteiger charge is 2.14. The van der Waals surface area contributed by atoms with Gasteiger partial charge in [-0.25, -0.2) is 8.78 Å². The van der Waals surface area contributed by atoms with E-state index in [0.717, 1.165) is 12.1 Å². The Morgan fingerprint density at radius 3 is 2.74 bits per heavy atom. The van der Waals surface area contributed by atoms with E-state index in [9.17, 15) is 13.6 Å². The molecule has 2 aromatic rings. The Morgan fingerprint density at radius 1 is 1.39 bits per heavy atom. The minimum absolute atomic E-state index is 0. The fraction of sp³-hybridized carbons (Fsp3) is 0.267. The van der Waals surface area contributed by atoms with Crippen molar-refractivity contribution >= 4 is 18.3 Å². The van der Waals surface area contributed by atoms with Gasteiger partial charge in [0.1, 0.15) is 24.4 Å². The predicted octanol–water partition coefficient (Wildman–Crippen LogP) is 2.64. The van der Waals surface area contributed by atoms with Crippen LogP contribution in [0.1, 0.15) is 23.0 Å². The highest BCUT2D eigenvalue weighted by Crippen LogP contribution is 2.17. The van der Waals surface area contributed by atoms with Crippen molar-refractivity contribution in [2.45, 2.75) is 19.5 Å². The molecule has 1 aromatic heterocycles. The largest absolute Gasteiger partial charge is 0.488 e. The molecule has 0 aliphatic carbocycles. The molecular formula is C15H17ClF2N2O3. The number of amides is 1. The van der Waals surface area contributed by atoms with E-state index >= 15 is 0 Å². The fourth-order valence-corrected chi connectivity index (χ4v) is 1.76. The standard InChI is InChI=1S/C15H16F2N2O3.ClH/c1-9(7-22-14-3-2-11(16)5-13(14)17)19-15(20)10-4-12(6-18)21-8-10;/h2-5,8-9H,6-7,18H2,1H3,(H,19,20);1H. The molecule has 0 saturated heterocycles. The van der Waals surface area contributed by atoms with Gasteiger partial charge in [0.15, 0.2) is 11.6 Å². The van der Waals surface area contributed by atoms with Gasteiger partial charge in [-0.1, -0.05) is 0 Å². The van der Waals surface area contributed by atoms with E-state index in [2.05, 4.69) is 5.32 Å². The smallest absolute Gasteiger partial charge is 0.254 e. The molecule has 1 aromatic carbocycles. The average molecular weight is 347 g/mol. The van der Waals surface area contributed by atoms with Crippen molar-refractivity contribution in [2.24, 2.45) is 5.73 Å². The Hall–Kier alpha value is -2.12. The van der Waals surface area contributed by atoms with Crippen LogP contribution in [0, 0.1) is 11.6 Å². The van der Waals surface area contributed by atoms with Gasteiger partial charge in [0.2, 0.25) is 0 Å². The molecule has 8 heteroatoms. The topological polar surface area (TPSA) is 77.5 Å².